The smallest absolute Gasteiger partial charge is 0.258 e. The molecule has 0 aromatic heterocycles. The summed E-state index contributed by atoms with van der Waals surface area (Å²) in [6, 6.07) is 15.6. The summed E-state index contributed by atoms with van der Waals surface area (Å²) in [6.45, 7) is 5.56. The highest BCUT2D eigenvalue weighted by Gasteiger charge is 2.24. The fourth-order valence-electron chi connectivity index (χ4n) is 3.30. The second kappa shape index (κ2) is 10.5. The van der Waals surface area contributed by atoms with E-state index in [-0.39, 0.29) is 18.6 Å². The Kier molecular flexibility index (Phi) is 7.71. The van der Waals surface area contributed by atoms with Crippen LogP contribution in [0.1, 0.15) is 24.1 Å². The molecule has 1 heterocycles. The number of nitrogens with zero attached hydrogens (tertiary/aromatic N) is 1. The molecule has 28 heavy (non-hydrogen) atoms. The summed E-state index contributed by atoms with van der Waals surface area (Å²) >= 11 is 6.42. The van der Waals surface area contributed by atoms with Crippen LogP contribution in [0.2, 0.25) is 5.02 Å². The van der Waals surface area contributed by atoms with Gasteiger partial charge in [0.25, 0.3) is 5.91 Å². The molecule has 0 radical (unpaired) electrons. The molecule has 1 saturated heterocycles. The van der Waals surface area contributed by atoms with Gasteiger partial charge in [-0.1, -0.05) is 48.9 Å². The first kappa shape index (κ1) is 20.6. The SMILES string of the molecule is CCc1ccc(OCC(=O)NCC(c2ccccc2Cl)N2CCOCC2)cc1. The molecule has 150 valence electrons. The molecule has 0 aliphatic carbocycles. The third-order valence-electron chi connectivity index (χ3n) is 4.94. The van der Waals surface area contributed by atoms with Crippen LogP contribution in [0.25, 0.3) is 0 Å². The van der Waals surface area contributed by atoms with Gasteiger partial charge in [-0.3, -0.25) is 9.69 Å². The van der Waals surface area contributed by atoms with Gasteiger partial charge in [-0.2, -0.15) is 0 Å². The molecule has 1 atom stereocenters. The molecule has 0 saturated carbocycles. The number of hydrogen-bond donors (Lipinski definition) is 1. The van der Waals surface area contributed by atoms with Gasteiger partial charge in [0, 0.05) is 24.7 Å². The highest BCUT2D eigenvalue weighted by Crippen LogP contribution is 2.27. The second-order valence-electron chi connectivity index (χ2n) is 6.78. The number of halogens is 1. The molecule has 3 rings (SSSR count). The molecule has 1 aliphatic rings. The Morgan fingerprint density at radius 2 is 1.89 bits per heavy atom. The zero-order valence-corrected chi connectivity index (χ0v) is 17.0. The minimum absolute atomic E-state index is 0.00499. The Bertz CT molecular complexity index is 761. The van der Waals surface area contributed by atoms with Gasteiger partial charge in [0.05, 0.1) is 19.3 Å². The summed E-state index contributed by atoms with van der Waals surface area (Å²) in [4.78, 5) is 14.6. The molecule has 1 amide bonds. The fourth-order valence-corrected chi connectivity index (χ4v) is 3.56. The first-order chi connectivity index (χ1) is 13.7. The number of carbonyl (C=O) groups excluding carboxylic acids is 1. The van der Waals surface area contributed by atoms with E-state index in [0.717, 1.165) is 25.1 Å². The van der Waals surface area contributed by atoms with Crippen LogP contribution >= 0.6 is 11.6 Å². The Labute approximate surface area is 171 Å². The van der Waals surface area contributed by atoms with Crippen LogP contribution in [0.15, 0.2) is 48.5 Å². The van der Waals surface area contributed by atoms with Gasteiger partial charge in [0.2, 0.25) is 0 Å². The van der Waals surface area contributed by atoms with Crippen LogP contribution in [0.5, 0.6) is 5.75 Å². The van der Waals surface area contributed by atoms with Gasteiger partial charge in [0.1, 0.15) is 5.75 Å². The number of nitrogens with one attached hydrogen (secondary N) is 1. The van der Waals surface area contributed by atoms with E-state index in [1.807, 2.05) is 48.5 Å². The minimum atomic E-state index is -0.148. The van der Waals surface area contributed by atoms with Crippen molar-refractivity contribution in [3.63, 3.8) is 0 Å². The first-order valence-corrected chi connectivity index (χ1v) is 10.1. The van der Waals surface area contributed by atoms with Crippen molar-refractivity contribution in [1.29, 1.82) is 0 Å². The molecule has 2 aromatic rings. The average molecular weight is 403 g/mol. The zero-order valence-electron chi connectivity index (χ0n) is 16.2. The van der Waals surface area contributed by atoms with Gasteiger partial charge in [-0.05, 0) is 35.7 Å². The fraction of sp³-hybridized carbons (Fsp3) is 0.409. The number of aryl methyl sites for hydroxylation is 1. The summed E-state index contributed by atoms with van der Waals surface area (Å²) in [6.07, 6.45) is 0.978. The van der Waals surface area contributed by atoms with E-state index >= 15 is 0 Å². The van der Waals surface area contributed by atoms with Crippen molar-refractivity contribution in [2.45, 2.75) is 19.4 Å². The Balaban J connectivity index is 1.57. The van der Waals surface area contributed by atoms with Crippen molar-refractivity contribution >= 4 is 17.5 Å². The lowest BCUT2D eigenvalue weighted by Crippen LogP contribution is -2.44. The molecule has 5 nitrogen and oxygen atoms in total. The molecule has 1 N–H and O–H groups in total. The van der Waals surface area contributed by atoms with Gasteiger partial charge >= 0.3 is 0 Å². The molecule has 6 heteroatoms. The first-order valence-electron chi connectivity index (χ1n) is 9.72. The predicted molar refractivity (Wildman–Crippen MR) is 111 cm³/mol. The summed E-state index contributed by atoms with van der Waals surface area (Å²) < 4.78 is 11.1. The van der Waals surface area contributed by atoms with E-state index in [9.17, 15) is 4.79 Å². The van der Waals surface area contributed by atoms with Crippen molar-refractivity contribution in [1.82, 2.24) is 10.2 Å². The van der Waals surface area contributed by atoms with Crippen molar-refractivity contribution in [2.75, 3.05) is 39.5 Å². The predicted octanol–water partition coefficient (Wildman–Crippen LogP) is 3.47. The van der Waals surface area contributed by atoms with E-state index < -0.39 is 0 Å². The monoisotopic (exact) mass is 402 g/mol. The number of morpholine rings is 1. The standard InChI is InChI=1S/C22H27ClN2O3/c1-2-17-7-9-18(10-8-17)28-16-22(26)24-15-21(25-11-13-27-14-12-25)19-5-3-4-6-20(19)23/h3-10,21H,2,11-16H2,1H3,(H,24,26). The third kappa shape index (κ3) is 5.71. The number of amides is 1. The Morgan fingerprint density at radius 3 is 2.57 bits per heavy atom. The quantitative estimate of drug-likeness (QED) is 0.734. The highest BCUT2D eigenvalue weighted by atomic mass is 35.5. The van der Waals surface area contributed by atoms with E-state index in [0.29, 0.717) is 30.5 Å². The van der Waals surface area contributed by atoms with Crippen molar-refractivity contribution < 1.29 is 14.3 Å². The van der Waals surface area contributed by atoms with Gasteiger partial charge in [-0.15, -0.1) is 0 Å². The summed E-state index contributed by atoms with van der Waals surface area (Å²) in [5, 5.41) is 3.70. The van der Waals surface area contributed by atoms with Crippen LogP contribution in [0.4, 0.5) is 0 Å². The lowest BCUT2D eigenvalue weighted by molar-refractivity contribution is -0.123. The molecule has 1 unspecified atom stereocenters. The maximum atomic E-state index is 12.3. The normalized spacial score (nSPS) is 15.8. The van der Waals surface area contributed by atoms with Crippen LogP contribution in [-0.2, 0) is 16.0 Å². The third-order valence-corrected chi connectivity index (χ3v) is 5.29. The summed E-state index contributed by atoms with van der Waals surface area (Å²) in [5.41, 5.74) is 2.26. The lowest BCUT2D eigenvalue weighted by atomic mass is 10.0. The van der Waals surface area contributed by atoms with Gasteiger partial charge < -0.3 is 14.8 Å². The summed E-state index contributed by atoms with van der Waals surface area (Å²) in [7, 11) is 0. The van der Waals surface area contributed by atoms with Gasteiger partial charge in [-0.25, -0.2) is 0 Å². The zero-order chi connectivity index (χ0) is 19.8. The van der Waals surface area contributed by atoms with Crippen molar-refractivity contribution in [2.24, 2.45) is 0 Å². The molecule has 2 aromatic carbocycles. The molecule has 0 spiro atoms. The van der Waals surface area contributed by atoms with E-state index in [1.54, 1.807) is 0 Å². The molecule has 1 fully saturated rings. The van der Waals surface area contributed by atoms with E-state index in [2.05, 4.69) is 17.1 Å². The van der Waals surface area contributed by atoms with E-state index in [4.69, 9.17) is 21.1 Å². The molecule has 0 bridgehead atoms. The van der Waals surface area contributed by atoms with Crippen molar-refractivity contribution in [3.8, 4) is 5.75 Å². The largest absolute Gasteiger partial charge is 0.484 e. The highest BCUT2D eigenvalue weighted by molar-refractivity contribution is 6.31. The Morgan fingerprint density at radius 1 is 1.18 bits per heavy atom. The van der Waals surface area contributed by atoms with Crippen molar-refractivity contribution in [3.05, 3.63) is 64.7 Å². The molecular weight excluding hydrogens is 376 g/mol. The van der Waals surface area contributed by atoms with Crippen LogP contribution in [-0.4, -0.2) is 50.3 Å². The number of benzene rings is 2. The number of hydrogen-bond acceptors (Lipinski definition) is 4. The number of ether oxygens (including phenoxy) is 2. The van der Waals surface area contributed by atoms with Gasteiger partial charge in [0.15, 0.2) is 6.61 Å². The Hall–Kier alpha value is -2.08. The minimum Gasteiger partial charge on any atom is -0.484 e. The molecule has 1 aliphatic heterocycles. The summed E-state index contributed by atoms with van der Waals surface area (Å²) in [5.74, 6) is 0.549. The maximum absolute atomic E-state index is 12.3. The maximum Gasteiger partial charge on any atom is 0.258 e. The van der Waals surface area contributed by atoms with Crippen LogP contribution in [0.3, 0.4) is 0 Å². The topological polar surface area (TPSA) is 50.8 Å². The number of carbonyl (C=O) groups is 1. The van der Waals surface area contributed by atoms with E-state index in [1.165, 1.54) is 5.56 Å². The van der Waals surface area contributed by atoms with Crippen LogP contribution < -0.4 is 10.1 Å². The molecular formula is C22H27ClN2O3. The number of rotatable bonds is 8. The second-order valence-corrected chi connectivity index (χ2v) is 7.18. The average Bonchev–Trinajstić information content (AvgIpc) is 2.74. The lowest BCUT2D eigenvalue weighted by Gasteiger charge is -2.35. The van der Waals surface area contributed by atoms with Crippen LogP contribution in [0, 0.1) is 0 Å².